The molecule has 11 heteroatoms. The first kappa shape index (κ1) is 22.4. The van der Waals surface area contributed by atoms with Gasteiger partial charge in [0.25, 0.3) is 11.8 Å². The van der Waals surface area contributed by atoms with E-state index in [1.54, 1.807) is 35.1 Å². The average Bonchev–Trinajstić information content (AvgIpc) is 3.56. The predicted octanol–water partition coefficient (Wildman–Crippen LogP) is 0.890. The van der Waals surface area contributed by atoms with E-state index in [4.69, 9.17) is 10.5 Å². The fraction of sp³-hybridized carbons (Fsp3) is 0.222. The Balaban J connectivity index is 1.36. The Bertz CT molecular complexity index is 1640. The molecule has 3 aromatic rings. The minimum atomic E-state index is -0.541. The molecule has 1 aromatic carbocycles. The Morgan fingerprint density at radius 3 is 2.74 bits per heavy atom. The van der Waals surface area contributed by atoms with Crippen LogP contribution in [0.1, 0.15) is 16.8 Å². The van der Waals surface area contributed by atoms with Crippen LogP contribution in [-0.4, -0.2) is 70.1 Å². The van der Waals surface area contributed by atoms with Gasteiger partial charge >= 0.3 is 0 Å². The molecule has 4 aliphatic heterocycles. The third-order valence-corrected chi connectivity index (χ3v) is 7.41. The highest BCUT2D eigenvalue weighted by molar-refractivity contribution is 6.47. The lowest BCUT2D eigenvalue weighted by atomic mass is 9.94. The molecule has 1 saturated heterocycles. The quantitative estimate of drug-likeness (QED) is 0.501. The number of anilines is 2. The van der Waals surface area contributed by atoms with Gasteiger partial charge in [-0.3, -0.25) is 29.1 Å². The molecule has 1 atom stereocenters. The summed E-state index contributed by atoms with van der Waals surface area (Å²) in [4.78, 5) is 52.6. The summed E-state index contributed by atoms with van der Waals surface area (Å²) in [6, 6.07) is 8.78. The first-order chi connectivity index (χ1) is 18.5. The zero-order valence-corrected chi connectivity index (χ0v) is 20.3. The number of carbonyl (C=O) groups excluding carboxylic acids is 3. The number of amides is 3. The van der Waals surface area contributed by atoms with Crippen LogP contribution in [0.4, 0.5) is 11.4 Å². The normalized spacial score (nSPS) is 20.6. The topological polar surface area (TPSA) is 135 Å². The number of nitrogen functional groups attached to an aromatic ring is 1. The summed E-state index contributed by atoms with van der Waals surface area (Å²) in [5.74, 6) is -1.04. The van der Waals surface area contributed by atoms with E-state index in [0.29, 0.717) is 61.0 Å². The van der Waals surface area contributed by atoms with Crippen LogP contribution in [-0.2, 0) is 25.5 Å². The molecule has 190 valence electrons. The summed E-state index contributed by atoms with van der Waals surface area (Å²) in [6.07, 6.45) is 7.16. The molecule has 11 nitrogen and oxygen atoms in total. The van der Waals surface area contributed by atoms with E-state index < -0.39 is 17.9 Å². The largest absolute Gasteiger partial charge is 0.396 e. The second-order valence-corrected chi connectivity index (χ2v) is 9.49. The Labute approximate surface area is 216 Å². The van der Waals surface area contributed by atoms with Crippen molar-refractivity contribution in [2.24, 2.45) is 4.99 Å². The molecule has 1 unspecified atom stereocenters. The zero-order chi connectivity index (χ0) is 26.0. The minimum Gasteiger partial charge on any atom is -0.396 e. The van der Waals surface area contributed by atoms with Gasteiger partial charge in [0.15, 0.2) is 5.65 Å². The number of morpholine rings is 1. The average molecular weight is 510 g/mol. The molecule has 0 saturated carbocycles. The fourth-order valence-corrected chi connectivity index (χ4v) is 5.69. The SMILES string of the molecule is Nc1cccn2c(C3=C(C4=NC=CN5c6c(cccc64)CC5C(=O)N4CCOCC4)C(=O)NC3=O)cnc12. The van der Waals surface area contributed by atoms with E-state index in [9.17, 15) is 14.4 Å². The number of imide groups is 1. The van der Waals surface area contributed by atoms with Crippen LogP contribution < -0.4 is 16.0 Å². The lowest BCUT2D eigenvalue weighted by Crippen LogP contribution is -2.49. The number of nitrogens with zero attached hydrogens (tertiary/aromatic N) is 5. The molecule has 0 spiro atoms. The van der Waals surface area contributed by atoms with Crippen LogP contribution in [0.5, 0.6) is 0 Å². The van der Waals surface area contributed by atoms with Gasteiger partial charge in [0, 0.05) is 43.7 Å². The molecule has 3 amide bonds. The number of hydrogen-bond donors (Lipinski definition) is 2. The number of benzene rings is 1. The maximum Gasteiger partial charge on any atom is 0.261 e. The summed E-state index contributed by atoms with van der Waals surface area (Å²) < 4.78 is 7.11. The number of nitrogens with one attached hydrogen (secondary N) is 1. The van der Waals surface area contributed by atoms with E-state index in [1.165, 1.54) is 6.20 Å². The number of pyridine rings is 1. The van der Waals surface area contributed by atoms with Gasteiger partial charge in [-0.1, -0.05) is 18.2 Å². The summed E-state index contributed by atoms with van der Waals surface area (Å²) in [6.45, 7) is 2.16. The van der Waals surface area contributed by atoms with Gasteiger partial charge in [-0.15, -0.1) is 0 Å². The van der Waals surface area contributed by atoms with E-state index in [2.05, 4.69) is 15.3 Å². The van der Waals surface area contributed by atoms with Crippen molar-refractivity contribution in [2.75, 3.05) is 36.9 Å². The maximum absolute atomic E-state index is 13.5. The van der Waals surface area contributed by atoms with Crippen molar-refractivity contribution in [1.82, 2.24) is 19.6 Å². The number of ether oxygens (including phenoxy) is 1. The standard InChI is InChI=1S/C27H23N7O4/c28-17-5-2-7-34-19(14-30-24(17)34)20-21(26(36)31-25(20)35)22-16-4-1-3-15-13-18(33(23(15)16)8-6-29-22)27(37)32-9-11-38-12-10-32/h1-8,14,18H,9-13,28H2,(H,31,35,36). The molecule has 3 N–H and O–H groups in total. The van der Waals surface area contributed by atoms with Gasteiger partial charge in [-0.05, 0) is 17.7 Å². The third-order valence-electron chi connectivity index (χ3n) is 7.41. The van der Waals surface area contributed by atoms with Crippen LogP contribution in [0.3, 0.4) is 0 Å². The first-order valence-corrected chi connectivity index (χ1v) is 12.4. The summed E-state index contributed by atoms with van der Waals surface area (Å²) >= 11 is 0. The van der Waals surface area contributed by atoms with E-state index in [-0.39, 0.29) is 17.1 Å². The van der Waals surface area contributed by atoms with Gasteiger partial charge in [0.05, 0.1) is 53.3 Å². The summed E-state index contributed by atoms with van der Waals surface area (Å²) in [5.41, 5.74) is 10.6. The smallest absolute Gasteiger partial charge is 0.261 e. The summed E-state index contributed by atoms with van der Waals surface area (Å²) in [5, 5.41) is 2.43. The Kier molecular flexibility index (Phi) is 4.95. The molecule has 38 heavy (non-hydrogen) atoms. The van der Waals surface area contributed by atoms with Crippen LogP contribution in [0.2, 0.25) is 0 Å². The van der Waals surface area contributed by atoms with Crippen molar-refractivity contribution in [2.45, 2.75) is 12.5 Å². The Morgan fingerprint density at radius 2 is 1.89 bits per heavy atom. The molecule has 7 rings (SSSR count). The lowest BCUT2D eigenvalue weighted by molar-refractivity contribution is -0.136. The van der Waals surface area contributed by atoms with Gasteiger partial charge in [-0.2, -0.15) is 0 Å². The number of nitrogens with two attached hydrogens (primary N) is 1. The van der Waals surface area contributed by atoms with Gasteiger partial charge in [0.2, 0.25) is 5.91 Å². The number of hydrogen-bond acceptors (Lipinski definition) is 8. The van der Waals surface area contributed by atoms with Crippen molar-refractivity contribution in [3.63, 3.8) is 0 Å². The number of para-hydroxylation sites is 1. The highest BCUT2D eigenvalue weighted by Crippen LogP contribution is 2.40. The van der Waals surface area contributed by atoms with E-state index >= 15 is 0 Å². The van der Waals surface area contributed by atoms with Crippen LogP contribution in [0, 0.1) is 0 Å². The number of fused-ring (bicyclic) bond motifs is 1. The van der Waals surface area contributed by atoms with Gasteiger partial charge in [-0.25, -0.2) is 4.98 Å². The molecular weight excluding hydrogens is 486 g/mol. The number of carbonyl (C=O) groups is 3. The minimum absolute atomic E-state index is 0.0283. The third kappa shape index (κ3) is 3.21. The molecule has 0 radical (unpaired) electrons. The Hall–Kier alpha value is -4.77. The fourth-order valence-electron chi connectivity index (χ4n) is 5.69. The van der Waals surface area contributed by atoms with Crippen molar-refractivity contribution in [3.8, 4) is 0 Å². The second-order valence-electron chi connectivity index (χ2n) is 9.49. The predicted molar refractivity (Wildman–Crippen MR) is 139 cm³/mol. The highest BCUT2D eigenvalue weighted by atomic mass is 16.5. The maximum atomic E-state index is 13.5. The van der Waals surface area contributed by atoms with Crippen LogP contribution in [0.25, 0.3) is 11.2 Å². The summed E-state index contributed by atoms with van der Waals surface area (Å²) in [7, 11) is 0. The molecule has 4 aliphatic rings. The van der Waals surface area contributed by atoms with Crippen molar-refractivity contribution < 1.29 is 19.1 Å². The van der Waals surface area contributed by atoms with Crippen molar-refractivity contribution in [1.29, 1.82) is 0 Å². The molecule has 2 aromatic heterocycles. The van der Waals surface area contributed by atoms with Crippen LogP contribution in [0.15, 0.2) is 65.7 Å². The van der Waals surface area contributed by atoms with Crippen molar-refractivity contribution >= 4 is 46.0 Å². The number of rotatable bonds is 3. The molecule has 1 fully saturated rings. The van der Waals surface area contributed by atoms with Gasteiger partial charge < -0.3 is 20.3 Å². The molecule has 6 heterocycles. The lowest BCUT2D eigenvalue weighted by Gasteiger charge is -2.32. The monoisotopic (exact) mass is 509 g/mol. The molecular formula is C27H23N7O4. The second kappa shape index (κ2) is 8.38. The number of imidazole rings is 1. The molecule has 0 aliphatic carbocycles. The molecule has 0 bridgehead atoms. The van der Waals surface area contributed by atoms with E-state index in [0.717, 1.165) is 11.3 Å². The number of aromatic nitrogens is 2. The van der Waals surface area contributed by atoms with Crippen molar-refractivity contribution in [3.05, 3.63) is 77.5 Å². The Morgan fingerprint density at radius 1 is 1.08 bits per heavy atom. The zero-order valence-electron chi connectivity index (χ0n) is 20.3. The number of aliphatic imine (C=N–C) groups is 1. The first-order valence-electron chi connectivity index (χ1n) is 12.4. The highest BCUT2D eigenvalue weighted by Gasteiger charge is 2.42. The van der Waals surface area contributed by atoms with E-state index in [1.807, 2.05) is 28.0 Å². The van der Waals surface area contributed by atoms with Crippen LogP contribution >= 0.6 is 0 Å². The van der Waals surface area contributed by atoms with Gasteiger partial charge in [0.1, 0.15) is 6.04 Å².